The van der Waals surface area contributed by atoms with Crippen molar-refractivity contribution in [2.24, 2.45) is 0 Å². The maximum atomic E-state index is 6.63. The van der Waals surface area contributed by atoms with Crippen LogP contribution in [0.1, 0.15) is 77.0 Å². The first-order valence-corrected chi connectivity index (χ1v) is 15.2. The third kappa shape index (κ3) is 5.30. The first-order valence-electron chi connectivity index (χ1n) is 15.2. The normalized spacial score (nSPS) is 13.0. The van der Waals surface area contributed by atoms with Crippen LogP contribution < -0.4 is 25.9 Å². The van der Waals surface area contributed by atoms with Gasteiger partial charge in [-0.3, -0.25) is 0 Å². The van der Waals surface area contributed by atoms with E-state index in [1.807, 2.05) is 12.4 Å². The van der Waals surface area contributed by atoms with Crippen LogP contribution in [0.3, 0.4) is 0 Å². The fourth-order valence-corrected chi connectivity index (χ4v) is 5.96. The average Bonchev–Trinajstić information content (AvgIpc) is 3.00. The van der Waals surface area contributed by atoms with Crippen LogP contribution in [0.2, 0.25) is 0 Å². The molecule has 3 aromatic carbocycles. The van der Waals surface area contributed by atoms with Crippen molar-refractivity contribution in [3.8, 4) is 45.5 Å². The molecule has 0 fully saturated rings. The molecule has 0 N–H and O–H groups in total. The van der Waals surface area contributed by atoms with Gasteiger partial charge < -0.3 is 19.4 Å². The summed E-state index contributed by atoms with van der Waals surface area (Å²) in [5.41, 5.74) is 10.2. The summed E-state index contributed by atoms with van der Waals surface area (Å²) < 4.78 is 13.3. The molecule has 2 aromatic heterocycles. The average molecular weight is 758 g/mol. The predicted molar refractivity (Wildman–Crippen MR) is 175 cm³/mol. The molecule has 7 rings (SSSR count). The minimum Gasteiger partial charge on any atom is -0.503 e. The molecule has 0 saturated carbocycles. The molecule has 0 atom stereocenters. The van der Waals surface area contributed by atoms with E-state index < -0.39 is 0 Å². The van der Waals surface area contributed by atoms with Crippen LogP contribution in [-0.4, -0.2) is 16.7 Å². The van der Waals surface area contributed by atoms with Gasteiger partial charge in [-0.2, -0.15) is 0 Å². The minimum absolute atomic E-state index is 0. The number of nitrogens with zero attached hydrogens (tertiary/aromatic N) is 2. The summed E-state index contributed by atoms with van der Waals surface area (Å²) in [7, 11) is 0. The summed E-state index contributed by atoms with van der Waals surface area (Å²) in [6.07, 6.45) is 3.77. The van der Waals surface area contributed by atoms with Gasteiger partial charge in [0.15, 0.2) is 0 Å². The van der Waals surface area contributed by atoms with Gasteiger partial charge in [-0.15, -0.1) is 58.5 Å². The second-order valence-electron chi connectivity index (χ2n) is 13.3. The molecular weight excluding hydrogens is 722 g/mol. The van der Waals surface area contributed by atoms with Gasteiger partial charge in [0.25, 0.3) is 0 Å². The quantitative estimate of drug-likeness (QED) is 0.137. The molecule has 5 aromatic rings. The second kappa shape index (κ2) is 11.3. The van der Waals surface area contributed by atoms with Crippen LogP contribution >= 0.6 is 0 Å². The summed E-state index contributed by atoms with van der Waals surface area (Å²) in [5.74, 6) is 4.06. The van der Waals surface area contributed by atoms with Gasteiger partial charge in [0, 0.05) is 29.4 Å². The molecule has 0 saturated heterocycles. The Hall–Kier alpha value is -3.69. The van der Waals surface area contributed by atoms with Crippen LogP contribution in [0.15, 0.2) is 73.1 Å². The van der Waals surface area contributed by atoms with Crippen molar-refractivity contribution in [1.82, 2.24) is 9.97 Å². The number of rotatable bonds is 4. The zero-order chi connectivity index (χ0) is 30.0. The monoisotopic (exact) mass is 757 g/mol. The van der Waals surface area contributed by atoms with Gasteiger partial charge in [0.05, 0.1) is 0 Å². The van der Waals surface area contributed by atoms with Crippen molar-refractivity contribution >= 4 is 23.1 Å². The van der Waals surface area contributed by atoms with Crippen LogP contribution in [-0.2, 0) is 26.5 Å². The zero-order valence-corrected chi connectivity index (χ0v) is 28.5. The molecule has 0 bridgehead atoms. The SMILES string of the molecule is CC(C)c1ccnc(-c2[c-]c3c(cc2)Oc2cc(C(C)(C)C)cc4c2B3c2[c-]c(-c3cc(C(C)C)ccn3)ccc2O4)c1.[Pt+2]. The van der Waals surface area contributed by atoms with E-state index >= 15 is 0 Å². The standard InChI is InChI=1S/C38H35BN2O2.Pt/c1-22(2)24-12-14-40-31(18-24)26-8-10-33-29(16-26)39-30-17-27(32-19-25(23(3)4)13-15-41-32)9-11-34(30)43-36-21-28(38(5,6)7)20-35(42-33)37(36)39;/h8-15,18-23H,1-7H3;/q-2;+2. The van der Waals surface area contributed by atoms with Gasteiger partial charge in [0.2, 0.25) is 6.71 Å². The van der Waals surface area contributed by atoms with Crippen LogP contribution in [0.5, 0.6) is 23.0 Å². The summed E-state index contributed by atoms with van der Waals surface area (Å²) in [6.45, 7) is 15.3. The Kier molecular flexibility index (Phi) is 7.83. The Labute approximate surface area is 275 Å². The van der Waals surface area contributed by atoms with Crippen molar-refractivity contribution in [3.63, 3.8) is 0 Å². The third-order valence-electron chi connectivity index (χ3n) is 8.60. The van der Waals surface area contributed by atoms with E-state index in [2.05, 4.69) is 121 Å². The first-order chi connectivity index (χ1) is 20.6. The number of ether oxygens (including phenoxy) is 2. The van der Waals surface area contributed by atoms with Gasteiger partial charge in [-0.25, -0.2) is 0 Å². The first kappa shape index (κ1) is 30.3. The molecule has 0 radical (unpaired) electrons. The smallest absolute Gasteiger partial charge is 0.503 e. The molecule has 6 heteroatoms. The number of fused-ring (bicyclic) bond motifs is 4. The van der Waals surface area contributed by atoms with E-state index in [1.165, 1.54) is 11.1 Å². The van der Waals surface area contributed by atoms with Gasteiger partial charge in [0.1, 0.15) is 11.5 Å². The molecule has 0 spiro atoms. The molecule has 44 heavy (non-hydrogen) atoms. The molecule has 4 nitrogen and oxygen atoms in total. The van der Waals surface area contributed by atoms with E-state index in [4.69, 9.17) is 19.4 Å². The molecule has 0 aliphatic carbocycles. The Bertz CT molecular complexity index is 1770. The molecule has 0 unspecified atom stereocenters. The Morgan fingerprint density at radius 2 is 1.09 bits per heavy atom. The minimum atomic E-state index is -0.159. The van der Waals surface area contributed by atoms with Gasteiger partial charge >= 0.3 is 21.1 Å². The third-order valence-corrected chi connectivity index (χ3v) is 8.60. The van der Waals surface area contributed by atoms with Crippen LogP contribution in [0.4, 0.5) is 0 Å². The van der Waals surface area contributed by atoms with E-state index in [-0.39, 0.29) is 33.2 Å². The zero-order valence-electron chi connectivity index (χ0n) is 26.2. The van der Waals surface area contributed by atoms with Crippen LogP contribution in [0, 0.1) is 12.1 Å². The predicted octanol–water partition coefficient (Wildman–Crippen LogP) is 7.68. The van der Waals surface area contributed by atoms with E-state index in [0.29, 0.717) is 11.8 Å². The fraction of sp³-hybridized carbons (Fsp3) is 0.263. The maximum absolute atomic E-state index is 6.63. The fourth-order valence-electron chi connectivity index (χ4n) is 5.96. The molecule has 0 amide bonds. The van der Waals surface area contributed by atoms with Crippen molar-refractivity contribution < 1.29 is 30.5 Å². The van der Waals surface area contributed by atoms with Crippen molar-refractivity contribution in [2.45, 2.75) is 65.7 Å². The number of benzene rings is 3. The molecule has 222 valence electrons. The van der Waals surface area contributed by atoms with E-state index in [9.17, 15) is 0 Å². The Morgan fingerprint density at radius 3 is 1.50 bits per heavy atom. The topological polar surface area (TPSA) is 44.2 Å². The number of aromatic nitrogens is 2. The summed E-state index contributed by atoms with van der Waals surface area (Å²) in [6, 6.07) is 28.6. The maximum Gasteiger partial charge on any atom is 2.00 e. The Balaban J connectivity index is 0.00000343. The molecular formula is C38H35BN2O2Pt. The number of hydrogen-bond acceptors (Lipinski definition) is 4. The number of hydrogen-bond donors (Lipinski definition) is 0. The van der Waals surface area contributed by atoms with Crippen LogP contribution in [0.25, 0.3) is 22.5 Å². The molecule has 2 aliphatic rings. The number of pyridine rings is 2. The van der Waals surface area contributed by atoms with E-state index in [1.54, 1.807) is 0 Å². The summed E-state index contributed by atoms with van der Waals surface area (Å²) >= 11 is 0. The summed E-state index contributed by atoms with van der Waals surface area (Å²) in [5, 5.41) is 0. The van der Waals surface area contributed by atoms with Crippen molar-refractivity contribution in [3.05, 3.63) is 102 Å². The molecule has 4 heterocycles. The van der Waals surface area contributed by atoms with Crippen molar-refractivity contribution in [2.75, 3.05) is 0 Å². The van der Waals surface area contributed by atoms with E-state index in [0.717, 1.165) is 67.5 Å². The van der Waals surface area contributed by atoms with Crippen molar-refractivity contribution in [1.29, 1.82) is 0 Å². The Morgan fingerprint density at radius 1 is 0.636 bits per heavy atom. The second-order valence-corrected chi connectivity index (χ2v) is 13.3. The largest absolute Gasteiger partial charge is 2.00 e. The van der Waals surface area contributed by atoms with Gasteiger partial charge in [-0.05, 0) is 58.5 Å². The molecule has 2 aliphatic heterocycles. The van der Waals surface area contributed by atoms with Gasteiger partial charge in [-0.1, -0.05) is 71.7 Å². The summed E-state index contributed by atoms with van der Waals surface area (Å²) in [4.78, 5) is 9.43.